The molecule has 0 amide bonds. The van der Waals surface area contributed by atoms with Gasteiger partial charge in [-0.2, -0.15) is 19.8 Å². The molecule has 10 heteroatoms. The summed E-state index contributed by atoms with van der Waals surface area (Å²) in [7, 11) is 4.14. The average molecular weight is 512 g/mol. The Kier molecular flexibility index (Phi) is 6.42. The van der Waals surface area contributed by atoms with Crippen molar-refractivity contribution in [3.8, 4) is 28.5 Å². The third kappa shape index (κ3) is 4.80. The van der Waals surface area contributed by atoms with Crippen LogP contribution in [-0.2, 0) is 11.3 Å². The molecule has 0 bridgehead atoms. The Morgan fingerprint density at radius 2 is 1.71 bits per heavy atom. The Labute approximate surface area is 222 Å². The first-order valence-electron chi connectivity index (χ1n) is 13.0. The van der Waals surface area contributed by atoms with Crippen LogP contribution >= 0.6 is 0 Å². The molecule has 1 aromatic carbocycles. The van der Waals surface area contributed by atoms with E-state index in [4.69, 9.17) is 25.0 Å². The van der Waals surface area contributed by atoms with E-state index in [9.17, 15) is 0 Å². The lowest BCUT2D eigenvalue weighted by Gasteiger charge is -2.29. The van der Waals surface area contributed by atoms with Crippen molar-refractivity contribution in [1.29, 1.82) is 0 Å². The van der Waals surface area contributed by atoms with Gasteiger partial charge in [-0.25, -0.2) is 9.67 Å². The van der Waals surface area contributed by atoms with Crippen LogP contribution in [0.4, 0.5) is 5.82 Å². The molecule has 0 saturated carbocycles. The van der Waals surface area contributed by atoms with Gasteiger partial charge >= 0.3 is 0 Å². The van der Waals surface area contributed by atoms with Crippen LogP contribution in [0.25, 0.3) is 34.1 Å². The van der Waals surface area contributed by atoms with E-state index in [0.717, 1.165) is 71.8 Å². The molecule has 4 aromatic heterocycles. The molecule has 0 aliphatic carbocycles. The maximum Gasteiger partial charge on any atom is 0.160 e. The number of anilines is 1. The second-order valence-electron chi connectivity index (χ2n) is 10.1. The van der Waals surface area contributed by atoms with Crippen LogP contribution in [0.15, 0.2) is 54.7 Å². The van der Waals surface area contributed by atoms with Crippen LogP contribution in [0.2, 0.25) is 0 Å². The first-order chi connectivity index (χ1) is 18.4. The summed E-state index contributed by atoms with van der Waals surface area (Å²) in [4.78, 5) is 9.42. The van der Waals surface area contributed by atoms with Crippen molar-refractivity contribution in [2.75, 3.05) is 51.8 Å². The summed E-state index contributed by atoms with van der Waals surface area (Å²) in [6.45, 7) is 8.88. The standard InChI is InChI=1S/C28H33N9O/c1-20-6-5-7-22(16-20)23-8-9-36(30-23)26-19-28(34-12-14-38-15-13-34)37-27(29-26)18-25(32-37)24-17-21(2)35(31-24)11-10-33(3)4/h5-9,16-19H,10-15H2,1-4H3. The Hall–Kier alpha value is -4.02. The minimum Gasteiger partial charge on any atom is -0.378 e. The van der Waals surface area contributed by atoms with Crippen molar-refractivity contribution in [2.45, 2.75) is 20.4 Å². The summed E-state index contributed by atoms with van der Waals surface area (Å²) in [5.74, 6) is 1.72. The van der Waals surface area contributed by atoms with E-state index in [1.807, 2.05) is 32.2 Å². The van der Waals surface area contributed by atoms with Gasteiger partial charge in [-0.1, -0.05) is 23.8 Å². The van der Waals surface area contributed by atoms with E-state index in [1.165, 1.54) is 5.56 Å². The Morgan fingerprint density at radius 1 is 0.895 bits per heavy atom. The molecular formula is C28H33N9O. The summed E-state index contributed by atoms with van der Waals surface area (Å²) in [6, 6.07) is 16.6. The molecule has 6 rings (SSSR count). The highest BCUT2D eigenvalue weighted by atomic mass is 16.5. The predicted octanol–water partition coefficient (Wildman–Crippen LogP) is 3.46. The van der Waals surface area contributed by atoms with E-state index in [2.05, 4.69) is 74.1 Å². The van der Waals surface area contributed by atoms with E-state index < -0.39 is 0 Å². The highest BCUT2D eigenvalue weighted by molar-refractivity contribution is 5.65. The maximum absolute atomic E-state index is 5.62. The van der Waals surface area contributed by atoms with Crippen molar-refractivity contribution in [3.05, 3.63) is 66.0 Å². The van der Waals surface area contributed by atoms with Crippen molar-refractivity contribution in [3.63, 3.8) is 0 Å². The van der Waals surface area contributed by atoms with Gasteiger partial charge in [0.15, 0.2) is 11.5 Å². The highest BCUT2D eigenvalue weighted by Crippen LogP contribution is 2.26. The third-order valence-electron chi connectivity index (χ3n) is 6.87. The maximum atomic E-state index is 5.62. The molecule has 10 nitrogen and oxygen atoms in total. The summed E-state index contributed by atoms with van der Waals surface area (Å²) in [5, 5.41) is 14.7. The molecule has 0 N–H and O–H groups in total. The quantitative estimate of drug-likeness (QED) is 0.331. The number of benzene rings is 1. The fourth-order valence-electron chi connectivity index (χ4n) is 4.77. The Bertz CT molecular complexity index is 1570. The summed E-state index contributed by atoms with van der Waals surface area (Å²) < 4.78 is 11.4. The second kappa shape index (κ2) is 10.0. The number of rotatable bonds is 7. The van der Waals surface area contributed by atoms with Gasteiger partial charge < -0.3 is 14.5 Å². The van der Waals surface area contributed by atoms with Crippen molar-refractivity contribution >= 4 is 11.5 Å². The van der Waals surface area contributed by atoms with Crippen molar-refractivity contribution in [2.24, 2.45) is 0 Å². The average Bonchev–Trinajstić information content (AvgIpc) is 3.65. The van der Waals surface area contributed by atoms with Crippen LogP contribution in [0, 0.1) is 13.8 Å². The number of aromatic nitrogens is 7. The zero-order valence-corrected chi connectivity index (χ0v) is 22.4. The first kappa shape index (κ1) is 24.3. The van der Waals surface area contributed by atoms with E-state index >= 15 is 0 Å². The monoisotopic (exact) mass is 511 g/mol. The van der Waals surface area contributed by atoms with Gasteiger partial charge in [0.2, 0.25) is 0 Å². The fourth-order valence-corrected chi connectivity index (χ4v) is 4.77. The molecule has 1 aliphatic heterocycles. The number of nitrogens with zero attached hydrogens (tertiary/aromatic N) is 9. The van der Waals surface area contributed by atoms with Gasteiger partial charge in [-0.05, 0) is 46.1 Å². The van der Waals surface area contributed by atoms with E-state index in [0.29, 0.717) is 13.2 Å². The number of fused-ring (bicyclic) bond motifs is 1. The number of aryl methyl sites for hydroxylation is 2. The van der Waals surface area contributed by atoms with Crippen LogP contribution < -0.4 is 4.90 Å². The van der Waals surface area contributed by atoms with Gasteiger partial charge in [0.05, 0.1) is 25.5 Å². The number of hydrogen-bond acceptors (Lipinski definition) is 7. The van der Waals surface area contributed by atoms with Crippen LogP contribution in [0.1, 0.15) is 11.3 Å². The molecule has 196 valence electrons. The molecule has 5 aromatic rings. The van der Waals surface area contributed by atoms with Gasteiger partial charge in [0.1, 0.15) is 17.2 Å². The van der Waals surface area contributed by atoms with Crippen molar-refractivity contribution < 1.29 is 4.74 Å². The lowest BCUT2D eigenvalue weighted by molar-refractivity contribution is 0.122. The van der Waals surface area contributed by atoms with Gasteiger partial charge in [-0.15, -0.1) is 0 Å². The largest absolute Gasteiger partial charge is 0.378 e. The molecule has 0 atom stereocenters. The summed E-state index contributed by atoms with van der Waals surface area (Å²) in [6.07, 6.45) is 1.96. The minimum absolute atomic E-state index is 0.683. The molecule has 0 spiro atoms. The van der Waals surface area contributed by atoms with Gasteiger partial charge in [-0.3, -0.25) is 4.68 Å². The Balaban J connectivity index is 1.41. The second-order valence-corrected chi connectivity index (χ2v) is 10.1. The fraction of sp³-hybridized carbons (Fsp3) is 0.357. The van der Waals surface area contributed by atoms with Crippen LogP contribution in [-0.4, -0.2) is 86.0 Å². The van der Waals surface area contributed by atoms with Gasteiger partial charge in [0.25, 0.3) is 0 Å². The molecule has 38 heavy (non-hydrogen) atoms. The molecule has 5 heterocycles. The lowest BCUT2D eigenvalue weighted by Crippen LogP contribution is -2.37. The first-order valence-corrected chi connectivity index (χ1v) is 13.0. The van der Waals surface area contributed by atoms with E-state index in [1.54, 1.807) is 0 Å². The normalized spacial score (nSPS) is 14.2. The topological polar surface area (TPSA) is 81.5 Å². The highest BCUT2D eigenvalue weighted by Gasteiger charge is 2.20. The predicted molar refractivity (Wildman–Crippen MR) is 148 cm³/mol. The Morgan fingerprint density at radius 3 is 2.50 bits per heavy atom. The van der Waals surface area contributed by atoms with Crippen molar-refractivity contribution in [1.82, 2.24) is 39.1 Å². The van der Waals surface area contributed by atoms with E-state index in [-0.39, 0.29) is 0 Å². The zero-order chi connectivity index (χ0) is 26.2. The molecule has 1 aliphatic rings. The van der Waals surface area contributed by atoms with Gasteiger partial charge in [0, 0.05) is 49.2 Å². The SMILES string of the molecule is Cc1cccc(-c2ccn(-c3cc(N4CCOCC4)n4nc(-c5cc(C)n(CCN(C)C)n5)cc4n3)n2)c1. The number of likely N-dealkylation sites (N-methyl/N-ethyl adjacent to an activating group) is 1. The minimum atomic E-state index is 0.683. The number of morpholine rings is 1. The number of ether oxygens (including phenoxy) is 1. The smallest absolute Gasteiger partial charge is 0.160 e. The molecule has 1 fully saturated rings. The summed E-state index contributed by atoms with van der Waals surface area (Å²) in [5.41, 5.74) is 6.73. The molecule has 0 unspecified atom stereocenters. The van der Waals surface area contributed by atoms with Crippen LogP contribution in [0.3, 0.4) is 0 Å². The molecule has 1 saturated heterocycles. The molecular weight excluding hydrogens is 478 g/mol. The zero-order valence-electron chi connectivity index (χ0n) is 22.4. The molecule has 0 radical (unpaired) electrons. The third-order valence-corrected chi connectivity index (χ3v) is 6.87. The summed E-state index contributed by atoms with van der Waals surface area (Å²) >= 11 is 0. The number of hydrogen-bond donors (Lipinski definition) is 0. The lowest BCUT2D eigenvalue weighted by atomic mass is 10.1. The van der Waals surface area contributed by atoms with Crippen LogP contribution in [0.5, 0.6) is 0 Å².